The Labute approximate surface area is 150 Å². The van der Waals surface area contributed by atoms with E-state index in [1.807, 2.05) is 36.4 Å². The van der Waals surface area contributed by atoms with Gasteiger partial charge in [-0.3, -0.25) is 4.99 Å². The van der Waals surface area contributed by atoms with Crippen LogP contribution in [0.5, 0.6) is 5.75 Å². The van der Waals surface area contributed by atoms with Gasteiger partial charge in [0.25, 0.3) is 0 Å². The highest BCUT2D eigenvalue weighted by molar-refractivity contribution is 5.79. The van der Waals surface area contributed by atoms with Gasteiger partial charge in [-0.25, -0.2) is 0 Å². The van der Waals surface area contributed by atoms with Gasteiger partial charge in [0, 0.05) is 40.3 Å². The molecule has 0 spiro atoms. The molecule has 0 radical (unpaired) electrons. The number of rotatable bonds is 9. The number of nitrogens with one attached hydrogen (secondary N) is 2. The van der Waals surface area contributed by atoms with Crippen molar-refractivity contribution in [2.75, 3.05) is 27.4 Å². The summed E-state index contributed by atoms with van der Waals surface area (Å²) >= 11 is 0. The van der Waals surface area contributed by atoms with E-state index in [4.69, 9.17) is 9.47 Å². The third-order valence-corrected chi connectivity index (χ3v) is 3.65. The topological polar surface area (TPSA) is 54.9 Å². The number of methoxy groups -OCH3 is 1. The highest BCUT2D eigenvalue weighted by atomic mass is 16.5. The van der Waals surface area contributed by atoms with E-state index in [0.29, 0.717) is 19.8 Å². The van der Waals surface area contributed by atoms with Crippen molar-refractivity contribution >= 4 is 5.96 Å². The molecule has 5 heteroatoms. The highest BCUT2D eigenvalue weighted by Crippen LogP contribution is 2.13. The van der Waals surface area contributed by atoms with E-state index in [9.17, 15) is 0 Å². The zero-order valence-electron chi connectivity index (χ0n) is 15.0. The molecular weight excluding hydrogens is 314 g/mol. The van der Waals surface area contributed by atoms with Crippen molar-refractivity contribution in [1.82, 2.24) is 10.6 Å². The van der Waals surface area contributed by atoms with Gasteiger partial charge < -0.3 is 20.1 Å². The second-order valence-corrected chi connectivity index (χ2v) is 5.61. The van der Waals surface area contributed by atoms with Gasteiger partial charge in [-0.2, -0.15) is 0 Å². The number of hydrogen-bond donors (Lipinski definition) is 2. The SMILES string of the molecule is CN=C(NCc1ccccc1)NCc1cccc(OCCCOC)c1. The lowest BCUT2D eigenvalue weighted by Gasteiger charge is -2.13. The molecule has 0 aliphatic rings. The molecule has 0 bridgehead atoms. The third-order valence-electron chi connectivity index (χ3n) is 3.65. The number of aliphatic imine (C=N–C) groups is 1. The summed E-state index contributed by atoms with van der Waals surface area (Å²) in [4.78, 5) is 4.26. The van der Waals surface area contributed by atoms with Crippen LogP contribution in [-0.2, 0) is 17.8 Å². The molecule has 0 aliphatic heterocycles. The molecule has 0 saturated carbocycles. The molecule has 5 nitrogen and oxygen atoms in total. The van der Waals surface area contributed by atoms with Crippen molar-refractivity contribution in [3.8, 4) is 5.75 Å². The Kier molecular flexibility index (Phi) is 8.35. The molecule has 0 saturated heterocycles. The normalized spacial score (nSPS) is 11.2. The molecule has 0 atom stereocenters. The minimum atomic E-state index is 0.658. The van der Waals surface area contributed by atoms with E-state index in [0.717, 1.165) is 30.2 Å². The van der Waals surface area contributed by atoms with Crippen molar-refractivity contribution < 1.29 is 9.47 Å². The van der Waals surface area contributed by atoms with Gasteiger partial charge in [0.05, 0.1) is 6.61 Å². The monoisotopic (exact) mass is 341 g/mol. The summed E-state index contributed by atoms with van der Waals surface area (Å²) in [6, 6.07) is 18.3. The van der Waals surface area contributed by atoms with E-state index >= 15 is 0 Å². The fourth-order valence-electron chi connectivity index (χ4n) is 2.33. The predicted molar refractivity (Wildman–Crippen MR) is 102 cm³/mol. The zero-order valence-corrected chi connectivity index (χ0v) is 15.0. The van der Waals surface area contributed by atoms with Gasteiger partial charge >= 0.3 is 0 Å². The van der Waals surface area contributed by atoms with Crippen LogP contribution in [0.1, 0.15) is 17.5 Å². The highest BCUT2D eigenvalue weighted by Gasteiger charge is 2.01. The lowest BCUT2D eigenvalue weighted by Crippen LogP contribution is -2.36. The fourth-order valence-corrected chi connectivity index (χ4v) is 2.33. The summed E-state index contributed by atoms with van der Waals surface area (Å²) < 4.78 is 10.8. The Morgan fingerprint density at radius 1 is 0.920 bits per heavy atom. The van der Waals surface area contributed by atoms with Crippen LogP contribution in [0, 0.1) is 0 Å². The summed E-state index contributed by atoms with van der Waals surface area (Å²) in [7, 11) is 3.47. The van der Waals surface area contributed by atoms with Crippen LogP contribution in [0.4, 0.5) is 0 Å². The number of nitrogens with zero attached hydrogens (tertiary/aromatic N) is 1. The first-order chi connectivity index (χ1) is 12.3. The summed E-state index contributed by atoms with van der Waals surface area (Å²) in [6.07, 6.45) is 0.884. The molecule has 0 fully saturated rings. The van der Waals surface area contributed by atoms with E-state index < -0.39 is 0 Å². The predicted octanol–water partition coefficient (Wildman–Crippen LogP) is 2.97. The first kappa shape index (κ1) is 18.8. The molecule has 2 N–H and O–H groups in total. The smallest absolute Gasteiger partial charge is 0.191 e. The van der Waals surface area contributed by atoms with Crippen LogP contribution in [0.15, 0.2) is 59.6 Å². The Morgan fingerprint density at radius 3 is 2.36 bits per heavy atom. The van der Waals surface area contributed by atoms with Crippen molar-refractivity contribution in [3.63, 3.8) is 0 Å². The standard InChI is InChI=1S/C20H27N3O2/c1-21-20(22-15-17-8-4-3-5-9-17)23-16-18-10-6-11-19(14-18)25-13-7-12-24-2/h3-6,8-11,14H,7,12-13,15-16H2,1-2H3,(H2,21,22,23). The average molecular weight is 341 g/mol. The van der Waals surface area contributed by atoms with E-state index in [1.165, 1.54) is 5.56 Å². The average Bonchev–Trinajstić information content (AvgIpc) is 2.66. The van der Waals surface area contributed by atoms with Crippen LogP contribution in [0.3, 0.4) is 0 Å². The Balaban J connectivity index is 1.78. The van der Waals surface area contributed by atoms with Gasteiger partial charge in [0.2, 0.25) is 0 Å². The Bertz CT molecular complexity index is 644. The lowest BCUT2D eigenvalue weighted by atomic mass is 10.2. The largest absolute Gasteiger partial charge is 0.493 e. The van der Waals surface area contributed by atoms with Gasteiger partial charge in [0.1, 0.15) is 5.75 Å². The van der Waals surface area contributed by atoms with Crippen LogP contribution >= 0.6 is 0 Å². The summed E-state index contributed by atoms with van der Waals surface area (Å²) in [5, 5.41) is 6.64. The van der Waals surface area contributed by atoms with Crippen molar-refractivity contribution in [3.05, 3.63) is 65.7 Å². The zero-order chi connectivity index (χ0) is 17.7. The number of hydrogen-bond acceptors (Lipinski definition) is 3. The molecule has 0 unspecified atom stereocenters. The quantitative estimate of drug-likeness (QED) is 0.418. The van der Waals surface area contributed by atoms with Crippen molar-refractivity contribution in [2.45, 2.75) is 19.5 Å². The van der Waals surface area contributed by atoms with Gasteiger partial charge in [0.15, 0.2) is 5.96 Å². The van der Waals surface area contributed by atoms with Crippen LogP contribution in [-0.4, -0.2) is 33.3 Å². The number of benzene rings is 2. The van der Waals surface area contributed by atoms with Gasteiger partial charge in [-0.1, -0.05) is 42.5 Å². The molecule has 0 amide bonds. The number of ether oxygens (including phenoxy) is 2. The maximum atomic E-state index is 5.73. The summed E-state index contributed by atoms with van der Waals surface area (Å²) in [6.45, 7) is 2.79. The van der Waals surface area contributed by atoms with Gasteiger partial charge in [-0.05, 0) is 23.3 Å². The molecule has 134 valence electrons. The van der Waals surface area contributed by atoms with Crippen LogP contribution < -0.4 is 15.4 Å². The van der Waals surface area contributed by atoms with E-state index in [-0.39, 0.29) is 0 Å². The lowest BCUT2D eigenvalue weighted by molar-refractivity contribution is 0.172. The second-order valence-electron chi connectivity index (χ2n) is 5.61. The van der Waals surface area contributed by atoms with Crippen molar-refractivity contribution in [1.29, 1.82) is 0 Å². The third kappa shape index (κ3) is 7.27. The second kappa shape index (κ2) is 11.1. The maximum Gasteiger partial charge on any atom is 0.191 e. The molecule has 2 aromatic rings. The molecule has 0 aliphatic carbocycles. The summed E-state index contributed by atoms with van der Waals surface area (Å²) in [5.41, 5.74) is 2.36. The number of guanidine groups is 1. The molecule has 0 heterocycles. The Hall–Kier alpha value is -2.53. The molecule has 2 aromatic carbocycles. The van der Waals surface area contributed by atoms with E-state index in [2.05, 4.69) is 33.8 Å². The van der Waals surface area contributed by atoms with Crippen molar-refractivity contribution in [2.24, 2.45) is 4.99 Å². The molecular formula is C20H27N3O2. The maximum absolute atomic E-state index is 5.73. The molecule has 2 rings (SSSR count). The molecule has 0 aromatic heterocycles. The summed E-state index contributed by atoms with van der Waals surface area (Å²) in [5.74, 6) is 1.65. The fraction of sp³-hybridized carbons (Fsp3) is 0.350. The van der Waals surface area contributed by atoms with Gasteiger partial charge in [-0.15, -0.1) is 0 Å². The Morgan fingerprint density at radius 2 is 1.64 bits per heavy atom. The van der Waals surface area contributed by atoms with E-state index in [1.54, 1.807) is 14.2 Å². The molecule has 25 heavy (non-hydrogen) atoms. The first-order valence-corrected chi connectivity index (χ1v) is 8.51. The minimum absolute atomic E-state index is 0.658. The van der Waals surface area contributed by atoms with Crippen LogP contribution in [0.25, 0.3) is 0 Å². The first-order valence-electron chi connectivity index (χ1n) is 8.51. The van der Waals surface area contributed by atoms with Crippen LogP contribution in [0.2, 0.25) is 0 Å². The minimum Gasteiger partial charge on any atom is -0.493 e.